The summed E-state index contributed by atoms with van der Waals surface area (Å²) in [5.41, 5.74) is 10.6. The van der Waals surface area contributed by atoms with E-state index in [1.807, 2.05) is 0 Å². The molecule has 0 aliphatic heterocycles. The summed E-state index contributed by atoms with van der Waals surface area (Å²) in [5, 5.41) is 0. The molecular formula is C17H19N. The zero-order valence-corrected chi connectivity index (χ0v) is 10.7. The van der Waals surface area contributed by atoms with E-state index >= 15 is 0 Å². The predicted molar refractivity (Wildman–Crippen MR) is 75.6 cm³/mol. The number of hydrogen-bond acceptors (Lipinski definition) is 1. The molecule has 0 aromatic heterocycles. The van der Waals surface area contributed by atoms with Gasteiger partial charge in [-0.2, -0.15) is 0 Å². The van der Waals surface area contributed by atoms with E-state index in [0.29, 0.717) is 11.8 Å². The first kappa shape index (κ1) is 11.5. The van der Waals surface area contributed by atoms with Gasteiger partial charge in [-0.1, -0.05) is 61.5 Å². The summed E-state index contributed by atoms with van der Waals surface area (Å²) >= 11 is 0. The first-order chi connectivity index (χ1) is 8.77. The van der Waals surface area contributed by atoms with Gasteiger partial charge in [0.05, 0.1) is 0 Å². The zero-order valence-electron chi connectivity index (χ0n) is 10.7. The molecule has 2 aromatic rings. The Balaban J connectivity index is 2.02. The summed E-state index contributed by atoms with van der Waals surface area (Å²) in [6, 6.07) is 19.4. The van der Waals surface area contributed by atoms with Crippen molar-refractivity contribution in [2.75, 3.05) is 0 Å². The van der Waals surface area contributed by atoms with Crippen LogP contribution in [0.3, 0.4) is 0 Å². The number of benzene rings is 2. The van der Waals surface area contributed by atoms with E-state index in [-0.39, 0.29) is 6.04 Å². The highest BCUT2D eigenvalue weighted by Crippen LogP contribution is 2.44. The fraction of sp³-hybridized carbons (Fsp3) is 0.294. The topological polar surface area (TPSA) is 26.0 Å². The van der Waals surface area contributed by atoms with Crippen LogP contribution in [-0.4, -0.2) is 0 Å². The van der Waals surface area contributed by atoms with Crippen molar-refractivity contribution < 1.29 is 0 Å². The van der Waals surface area contributed by atoms with Gasteiger partial charge in [-0.15, -0.1) is 0 Å². The Morgan fingerprint density at radius 2 is 1.50 bits per heavy atom. The van der Waals surface area contributed by atoms with Crippen LogP contribution in [-0.2, 0) is 0 Å². The lowest BCUT2D eigenvalue weighted by Gasteiger charge is -2.35. The van der Waals surface area contributed by atoms with Gasteiger partial charge >= 0.3 is 0 Å². The van der Waals surface area contributed by atoms with Crippen LogP contribution in [0.25, 0.3) is 0 Å². The monoisotopic (exact) mass is 237 g/mol. The maximum atomic E-state index is 6.48. The number of rotatable bonds is 1. The highest BCUT2D eigenvalue weighted by molar-refractivity contribution is 5.39. The fourth-order valence-electron chi connectivity index (χ4n) is 3.18. The standard InChI is InChI=1S/C17H19N/c1-12-11-16(13-7-3-2-4-8-13)17(18)15-10-6-5-9-14(12)15/h2-10,12,16-17H,11,18H2,1H3/t12?,16-,17+/m0/s1. The van der Waals surface area contributed by atoms with Gasteiger partial charge in [0.2, 0.25) is 0 Å². The summed E-state index contributed by atoms with van der Waals surface area (Å²) in [7, 11) is 0. The SMILES string of the molecule is CC1C[C@@H](c2ccccc2)[C@H](N)c2ccccc21. The Bertz CT molecular complexity index is 532. The van der Waals surface area contributed by atoms with Crippen molar-refractivity contribution in [2.45, 2.75) is 31.2 Å². The second-order valence-electron chi connectivity index (χ2n) is 5.31. The third-order valence-corrected chi connectivity index (χ3v) is 4.15. The van der Waals surface area contributed by atoms with Crippen molar-refractivity contribution in [2.24, 2.45) is 5.73 Å². The third-order valence-electron chi connectivity index (χ3n) is 4.15. The molecule has 3 rings (SSSR count). The van der Waals surface area contributed by atoms with Crippen molar-refractivity contribution in [3.05, 3.63) is 71.3 Å². The quantitative estimate of drug-likeness (QED) is 0.797. The lowest BCUT2D eigenvalue weighted by atomic mass is 9.72. The minimum absolute atomic E-state index is 0.125. The van der Waals surface area contributed by atoms with Crippen molar-refractivity contribution in [1.29, 1.82) is 0 Å². The van der Waals surface area contributed by atoms with Crippen LogP contribution in [0.4, 0.5) is 0 Å². The van der Waals surface area contributed by atoms with E-state index in [9.17, 15) is 0 Å². The van der Waals surface area contributed by atoms with E-state index in [4.69, 9.17) is 5.73 Å². The van der Waals surface area contributed by atoms with Gasteiger partial charge in [0.15, 0.2) is 0 Å². The van der Waals surface area contributed by atoms with Gasteiger partial charge in [-0.05, 0) is 29.0 Å². The van der Waals surface area contributed by atoms with Crippen molar-refractivity contribution in [1.82, 2.24) is 0 Å². The average molecular weight is 237 g/mol. The van der Waals surface area contributed by atoms with Crippen molar-refractivity contribution >= 4 is 0 Å². The molecule has 0 radical (unpaired) electrons. The molecule has 0 heterocycles. The summed E-state index contributed by atoms with van der Waals surface area (Å²) in [5.74, 6) is 1.03. The molecule has 18 heavy (non-hydrogen) atoms. The third kappa shape index (κ3) is 1.85. The van der Waals surface area contributed by atoms with Gasteiger partial charge in [0, 0.05) is 12.0 Å². The summed E-state index contributed by atoms with van der Waals surface area (Å²) in [4.78, 5) is 0. The number of hydrogen-bond donors (Lipinski definition) is 1. The molecule has 0 saturated heterocycles. The number of nitrogens with two attached hydrogens (primary N) is 1. The molecular weight excluding hydrogens is 218 g/mol. The zero-order chi connectivity index (χ0) is 12.5. The lowest BCUT2D eigenvalue weighted by Crippen LogP contribution is -2.27. The predicted octanol–water partition coefficient (Wildman–Crippen LogP) is 3.98. The van der Waals surface area contributed by atoms with E-state index in [1.54, 1.807) is 0 Å². The molecule has 0 bridgehead atoms. The second-order valence-corrected chi connectivity index (χ2v) is 5.31. The van der Waals surface area contributed by atoms with Crippen LogP contribution in [0.2, 0.25) is 0 Å². The molecule has 92 valence electrons. The first-order valence-corrected chi connectivity index (χ1v) is 6.66. The molecule has 1 aliphatic carbocycles. The van der Waals surface area contributed by atoms with Crippen LogP contribution in [0.15, 0.2) is 54.6 Å². The van der Waals surface area contributed by atoms with Gasteiger partial charge in [0.1, 0.15) is 0 Å². The highest BCUT2D eigenvalue weighted by Gasteiger charge is 2.31. The highest BCUT2D eigenvalue weighted by atomic mass is 14.7. The Labute approximate surface area is 109 Å². The second kappa shape index (κ2) is 4.58. The van der Waals surface area contributed by atoms with Gasteiger partial charge < -0.3 is 5.73 Å². The smallest absolute Gasteiger partial charge is 0.0367 e. The van der Waals surface area contributed by atoms with Crippen molar-refractivity contribution in [3.8, 4) is 0 Å². The lowest BCUT2D eigenvalue weighted by molar-refractivity contribution is 0.442. The molecule has 0 spiro atoms. The molecule has 0 fully saturated rings. The summed E-state index contributed by atoms with van der Waals surface area (Å²) < 4.78 is 0. The first-order valence-electron chi connectivity index (χ1n) is 6.66. The van der Waals surface area contributed by atoms with Crippen LogP contribution in [0.1, 0.15) is 47.9 Å². The minimum Gasteiger partial charge on any atom is -0.323 e. The molecule has 1 nitrogen and oxygen atoms in total. The maximum Gasteiger partial charge on any atom is 0.0367 e. The van der Waals surface area contributed by atoms with Gasteiger partial charge in [-0.3, -0.25) is 0 Å². The minimum atomic E-state index is 0.125. The molecule has 2 N–H and O–H groups in total. The molecule has 3 atom stereocenters. The Kier molecular flexibility index (Phi) is 2.92. The molecule has 2 aromatic carbocycles. The van der Waals surface area contributed by atoms with E-state index < -0.39 is 0 Å². The molecule has 1 aliphatic rings. The van der Waals surface area contributed by atoms with Crippen LogP contribution in [0.5, 0.6) is 0 Å². The number of fused-ring (bicyclic) bond motifs is 1. The average Bonchev–Trinajstić information content (AvgIpc) is 2.44. The van der Waals surface area contributed by atoms with Gasteiger partial charge in [-0.25, -0.2) is 0 Å². The maximum absolute atomic E-state index is 6.48. The van der Waals surface area contributed by atoms with E-state index in [1.165, 1.54) is 16.7 Å². The molecule has 1 unspecified atom stereocenters. The van der Waals surface area contributed by atoms with E-state index in [0.717, 1.165) is 6.42 Å². The van der Waals surface area contributed by atoms with Crippen molar-refractivity contribution in [3.63, 3.8) is 0 Å². The van der Waals surface area contributed by atoms with Crippen LogP contribution in [0, 0.1) is 0 Å². The molecule has 0 saturated carbocycles. The molecule has 1 heteroatoms. The Morgan fingerprint density at radius 1 is 0.889 bits per heavy atom. The van der Waals surface area contributed by atoms with Crippen LogP contribution < -0.4 is 5.73 Å². The van der Waals surface area contributed by atoms with Gasteiger partial charge in [0.25, 0.3) is 0 Å². The largest absolute Gasteiger partial charge is 0.323 e. The van der Waals surface area contributed by atoms with Crippen LogP contribution >= 0.6 is 0 Å². The normalized spacial score (nSPS) is 26.7. The Hall–Kier alpha value is -1.60. The van der Waals surface area contributed by atoms with E-state index in [2.05, 4.69) is 61.5 Å². The Morgan fingerprint density at radius 3 is 2.22 bits per heavy atom. The molecule has 0 amide bonds. The summed E-state index contributed by atoms with van der Waals surface area (Å²) in [6.07, 6.45) is 1.14. The fourth-order valence-corrected chi connectivity index (χ4v) is 3.18. The summed E-state index contributed by atoms with van der Waals surface area (Å²) in [6.45, 7) is 2.31.